The summed E-state index contributed by atoms with van der Waals surface area (Å²) in [5.41, 5.74) is 12.4. The van der Waals surface area contributed by atoms with Crippen LogP contribution in [0.1, 0.15) is 12.0 Å². The molecule has 11 rings (SSSR count). The Kier molecular flexibility index (Phi) is 7.93. The molecule has 0 amide bonds. The summed E-state index contributed by atoms with van der Waals surface area (Å²) in [4.78, 5) is 2.45. The third kappa shape index (κ3) is 5.73. The molecule has 0 saturated heterocycles. The summed E-state index contributed by atoms with van der Waals surface area (Å²) in [5.74, 6) is 0. The normalized spacial score (nSPS) is 13.0. The summed E-state index contributed by atoms with van der Waals surface area (Å²) < 4.78 is 6.72. The van der Waals surface area contributed by atoms with Crippen molar-refractivity contribution >= 4 is 71.2 Å². The zero-order valence-electron chi connectivity index (χ0n) is 31.3. The highest BCUT2D eigenvalue weighted by atomic mass is 16.3. The highest BCUT2D eigenvalue weighted by Gasteiger charge is 2.20. The number of nitrogens with zero attached hydrogens (tertiary/aromatic N) is 1. The summed E-state index contributed by atoms with van der Waals surface area (Å²) in [6.45, 7) is 0. The molecule has 0 N–H and O–H groups in total. The van der Waals surface area contributed by atoms with Crippen molar-refractivity contribution in [1.82, 2.24) is 0 Å². The predicted octanol–water partition coefficient (Wildman–Crippen LogP) is 15.4. The number of benzene rings is 9. The highest BCUT2D eigenvalue weighted by molar-refractivity contribution is 6.19. The van der Waals surface area contributed by atoms with Gasteiger partial charge in [0.05, 0.1) is 5.69 Å². The lowest BCUT2D eigenvalue weighted by molar-refractivity contribution is 0.673. The number of anilines is 2. The van der Waals surface area contributed by atoms with E-state index in [4.69, 9.17) is 4.42 Å². The van der Waals surface area contributed by atoms with Gasteiger partial charge >= 0.3 is 0 Å². The van der Waals surface area contributed by atoms with E-state index in [1.165, 1.54) is 60.6 Å². The molecule has 2 nitrogen and oxygen atoms in total. The minimum Gasteiger partial charge on any atom is -0.455 e. The molecule has 10 aromatic rings. The molecule has 0 saturated carbocycles. The lowest BCUT2D eigenvalue weighted by Gasteiger charge is -2.29. The summed E-state index contributed by atoms with van der Waals surface area (Å²) >= 11 is 0. The molecule has 1 aliphatic rings. The van der Waals surface area contributed by atoms with Crippen LogP contribution in [0.3, 0.4) is 0 Å². The van der Waals surface area contributed by atoms with E-state index in [9.17, 15) is 0 Å². The van der Waals surface area contributed by atoms with Crippen LogP contribution in [0.15, 0.2) is 222 Å². The van der Waals surface area contributed by atoms with Crippen molar-refractivity contribution in [2.24, 2.45) is 0 Å². The zero-order chi connectivity index (χ0) is 37.7. The van der Waals surface area contributed by atoms with E-state index in [0.717, 1.165) is 50.6 Å². The lowest BCUT2D eigenvalue weighted by atomic mass is 9.95. The molecule has 1 aliphatic carbocycles. The van der Waals surface area contributed by atoms with Crippen LogP contribution in [-0.4, -0.2) is 0 Å². The van der Waals surface area contributed by atoms with Crippen molar-refractivity contribution in [3.63, 3.8) is 0 Å². The number of allylic oxidation sites excluding steroid dienone is 5. The molecule has 1 aromatic heterocycles. The molecule has 9 aromatic carbocycles. The largest absolute Gasteiger partial charge is 0.455 e. The van der Waals surface area contributed by atoms with Crippen LogP contribution in [0.25, 0.3) is 82.1 Å². The molecule has 0 aliphatic heterocycles. The zero-order valence-corrected chi connectivity index (χ0v) is 31.3. The lowest BCUT2D eigenvalue weighted by Crippen LogP contribution is -2.16. The topological polar surface area (TPSA) is 16.4 Å². The van der Waals surface area contributed by atoms with Gasteiger partial charge in [0.1, 0.15) is 11.2 Å². The maximum atomic E-state index is 6.72. The van der Waals surface area contributed by atoms with Gasteiger partial charge in [0, 0.05) is 39.4 Å². The standard InChI is InChI=1S/C55H37NO/c1-3-14-37(15-4-1)38-19-13-20-43(30-26-38)56(53-34-42-18-7-8-21-45(42)46-22-9-11-24-48(46)53)44-31-27-39(28-32-44)41-29-33-49-52-36-51(40-16-5-2-6-17-40)47-23-10-12-25-50(47)55(52)57-54(49)35-41/h1-19,21-36H,20H2. The third-order valence-electron chi connectivity index (χ3n) is 11.5. The van der Waals surface area contributed by atoms with E-state index in [-0.39, 0.29) is 0 Å². The molecule has 268 valence electrons. The molecule has 1 heterocycles. The predicted molar refractivity (Wildman–Crippen MR) is 242 cm³/mol. The van der Waals surface area contributed by atoms with Gasteiger partial charge in [0.25, 0.3) is 0 Å². The number of furan rings is 1. The van der Waals surface area contributed by atoms with Crippen LogP contribution in [0.5, 0.6) is 0 Å². The second-order valence-corrected chi connectivity index (χ2v) is 14.8. The van der Waals surface area contributed by atoms with E-state index >= 15 is 0 Å². The fourth-order valence-electron chi connectivity index (χ4n) is 8.72. The first-order chi connectivity index (χ1) is 28.3. The van der Waals surface area contributed by atoms with Crippen LogP contribution in [-0.2, 0) is 0 Å². The maximum Gasteiger partial charge on any atom is 0.143 e. The first-order valence-corrected chi connectivity index (χ1v) is 19.6. The molecule has 0 spiro atoms. The van der Waals surface area contributed by atoms with Crippen molar-refractivity contribution in [3.8, 4) is 22.3 Å². The van der Waals surface area contributed by atoms with Gasteiger partial charge < -0.3 is 9.32 Å². The molecule has 0 unspecified atom stereocenters. The van der Waals surface area contributed by atoms with E-state index in [2.05, 4.69) is 217 Å². The number of rotatable bonds is 6. The fraction of sp³-hybridized carbons (Fsp3) is 0.0182. The molecule has 2 heteroatoms. The second kappa shape index (κ2) is 13.7. The molecular formula is C55H37NO. The Morgan fingerprint density at radius 1 is 0.421 bits per heavy atom. The SMILES string of the molecule is C1=CC(c2ccccc2)=CC=C(N(c2ccc(-c3ccc4c(c3)oc3c5ccccc5c(-c5ccccc5)cc43)cc2)c2cc3ccccc3c3ccccc23)C1. The van der Waals surface area contributed by atoms with Crippen molar-refractivity contribution < 1.29 is 4.42 Å². The van der Waals surface area contributed by atoms with Crippen LogP contribution in [0, 0.1) is 0 Å². The van der Waals surface area contributed by atoms with Gasteiger partial charge in [-0.15, -0.1) is 0 Å². The van der Waals surface area contributed by atoms with Gasteiger partial charge in [-0.2, -0.15) is 0 Å². The summed E-state index contributed by atoms with van der Waals surface area (Å²) in [5, 5.41) is 9.54. The van der Waals surface area contributed by atoms with Crippen molar-refractivity contribution in [3.05, 3.63) is 224 Å². The first kappa shape index (κ1) is 33.0. The Labute approximate surface area is 331 Å². The number of hydrogen-bond donors (Lipinski definition) is 0. The average molecular weight is 728 g/mol. The molecule has 0 radical (unpaired) electrons. The minimum atomic E-state index is 0.791. The van der Waals surface area contributed by atoms with Gasteiger partial charge in [-0.25, -0.2) is 0 Å². The van der Waals surface area contributed by atoms with Gasteiger partial charge in [-0.05, 0) is 97.4 Å². The molecule has 0 atom stereocenters. The number of fused-ring (bicyclic) bond motifs is 8. The van der Waals surface area contributed by atoms with Gasteiger partial charge in [-0.1, -0.05) is 170 Å². The maximum absolute atomic E-state index is 6.72. The molecular weight excluding hydrogens is 691 g/mol. The summed E-state index contributed by atoms with van der Waals surface area (Å²) in [6.07, 6.45) is 9.88. The Morgan fingerprint density at radius 2 is 1.07 bits per heavy atom. The Balaban J connectivity index is 1.03. The van der Waals surface area contributed by atoms with Crippen LogP contribution in [0.4, 0.5) is 11.4 Å². The van der Waals surface area contributed by atoms with E-state index < -0.39 is 0 Å². The summed E-state index contributed by atoms with van der Waals surface area (Å²) in [6, 6.07) is 67.7. The highest BCUT2D eigenvalue weighted by Crippen LogP contribution is 2.43. The van der Waals surface area contributed by atoms with Gasteiger partial charge in [0.15, 0.2) is 0 Å². The van der Waals surface area contributed by atoms with Crippen molar-refractivity contribution in [1.29, 1.82) is 0 Å². The van der Waals surface area contributed by atoms with Crippen molar-refractivity contribution in [2.45, 2.75) is 6.42 Å². The van der Waals surface area contributed by atoms with E-state index in [1.807, 2.05) is 0 Å². The Morgan fingerprint density at radius 3 is 1.86 bits per heavy atom. The van der Waals surface area contributed by atoms with Gasteiger partial charge in [-0.3, -0.25) is 0 Å². The first-order valence-electron chi connectivity index (χ1n) is 19.6. The van der Waals surface area contributed by atoms with Crippen LogP contribution in [0.2, 0.25) is 0 Å². The fourth-order valence-corrected chi connectivity index (χ4v) is 8.72. The van der Waals surface area contributed by atoms with E-state index in [0.29, 0.717) is 0 Å². The van der Waals surface area contributed by atoms with Gasteiger partial charge in [0.2, 0.25) is 0 Å². The van der Waals surface area contributed by atoms with Crippen molar-refractivity contribution in [2.75, 3.05) is 4.90 Å². The second-order valence-electron chi connectivity index (χ2n) is 14.8. The van der Waals surface area contributed by atoms with Crippen LogP contribution < -0.4 is 4.90 Å². The smallest absolute Gasteiger partial charge is 0.143 e. The minimum absolute atomic E-state index is 0.791. The Bertz CT molecular complexity index is 3240. The molecule has 0 fully saturated rings. The quantitative estimate of drug-likeness (QED) is 0.159. The molecule has 57 heavy (non-hydrogen) atoms. The Hall–Kier alpha value is -7.42. The molecule has 0 bridgehead atoms. The average Bonchev–Trinajstić information content (AvgIpc) is 3.48. The summed E-state index contributed by atoms with van der Waals surface area (Å²) in [7, 11) is 0. The number of hydrogen-bond acceptors (Lipinski definition) is 2. The monoisotopic (exact) mass is 727 g/mol. The van der Waals surface area contributed by atoms with E-state index in [1.54, 1.807) is 0 Å². The third-order valence-corrected chi connectivity index (χ3v) is 11.5. The van der Waals surface area contributed by atoms with Crippen LogP contribution >= 0.6 is 0 Å².